The number of nitrogens with one attached hydrogen (secondary N) is 1. The number of rotatable bonds is 3. The molecule has 0 aliphatic rings. The summed E-state index contributed by atoms with van der Waals surface area (Å²) in [6.07, 6.45) is 1.01. The number of para-hydroxylation sites is 2. The Morgan fingerprint density at radius 2 is 1.95 bits per heavy atom. The molecule has 1 aromatic heterocycles. The van der Waals surface area contributed by atoms with Crippen LogP contribution >= 0.6 is 11.6 Å². The molecule has 19 heavy (non-hydrogen) atoms. The minimum Gasteiger partial charge on any atom is -0.397 e. The van der Waals surface area contributed by atoms with Gasteiger partial charge in [-0.25, -0.2) is 18.4 Å². The van der Waals surface area contributed by atoms with E-state index in [0.29, 0.717) is 11.4 Å². The summed E-state index contributed by atoms with van der Waals surface area (Å²) in [5.41, 5.74) is 6.89. The molecule has 0 saturated carbocycles. The first-order chi connectivity index (χ1) is 8.86. The highest BCUT2D eigenvalue weighted by molar-refractivity contribution is 7.90. The van der Waals surface area contributed by atoms with Crippen LogP contribution in [0.5, 0.6) is 0 Å². The van der Waals surface area contributed by atoms with Crippen LogP contribution in [0.4, 0.5) is 17.2 Å². The fourth-order valence-electron chi connectivity index (χ4n) is 1.38. The van der Waals surface area contributed by atoms with E-state index in [9.17, 15) is 8.42 Å². The molecule has 0 aliphatic heterocycles. The number of halogens is 1. The summed E-state index contributed by atoms with van der Waals surface area (Å²) in [7, 11) is -3.53. The molecule has 2 rings (SSSR count). The van der Waals surface area contributed by atoms with Crippen molar-refractivity contribution in [1.82, 2.24) is 9.97 Å². The molecule has 2 aromatic rings. The lowest BCUT2D eigenvalue weighted by molar-refractivity contribution is 0.593. The van der Waals surface area contributed by atoms with E-state index < -0.39 is 9.84 Å². The van der Waals surface area contributed by atoms with Gasteiger partial charge in [0.2, 0.25) is 15.0 Å². The summed E-state index contributed by atoms with van der Waals surface area (Å²) in [6, 6.07) is 8.45. The van der Waals surface area contributed by atoms with Crippen molar-refractivity contribution in [1.29, 1.82) is 0 Å². The Kier molecular flexibility index (Phi) is 3.59. The summed E-state index contributed by atoms with van der Waals surface area (Å²) in [5.74, 6) is 0.262. The van der Waals surface area contributed by atoms with Gasteiger partial charge in [-0.3, -0.25) is 0 Å². The lowest BCUT2D eigenvalue weighted by atomic mass is 10.3. The number of benzene rings is 1. The van der Waals surface area contributed by atoms with Crippen molar-refractivity contribution in [2.45, 2.75) is 5.16 Å². The van der Waals surface area contributed by atoms with Crippen molar-refractivity contribution in [2.24, 2.45) is 0 Å². The van der Waals surface area contributed by atoms with Gasteiger partial charge in [-0.2, -0.15) is 0 Å². The van der Waals surface area contributed by atoms with Gasteiger partial charge in [0.25, 0.3) is 0 Å². The van der Waals surface area contributed by atoms with Crippen molar-refractivity contribution in [3.8, 4) is 0 Å². The Labute approximate surface area is 115 Å². The van der Waals surface area contributed by atoms with Crippen molar-refractivity contribution in [3.63, 3.8) is 0 Å². The molecule has 0 bridgehead atoms. The molecule has 0 amide bonds. The molecule has 0 radical (unpaired) electrons. The second-order valence-corrected chi connectivity index (χ2v) is 6.14. The average Bonchev–Trinajstić information content (AvgIpc) is 2.30. The molecular weight excluding hydrogens is 288 g/mol. The fraction of sp³-hybridized carbons (Fsp3) is 0.0909. The van der Waals surface area contributed by atoms with Crippen molar-refractivity contribution >= 4 is 38.6 Å². The molecule has 0 spiro atoms. The highest BCUT2D eigenvalue weighted by Gasteiger charge is 2.14. The second kappa shape index (κ2) is 5.02. The number of anilines is 3. The van der Waals surface area contributed by atoms with E-state index in [1.807, 2.05) is 0 Å². The number of nitrogen functional groups attached to an aromatic ring is 1. The quantitative estimate of drug-likeness (QED) is 0.510. The maximum atomic E-state index is 11.4. The zero-order chi connectivity index (χ0) is 14.0. The third-order valence-corrected chi connectivity index (χ3v) is 3.27. The Hall–Kier alpha value is -1.86. The number of hydrogen-bond acceptors (Lipinski definition) is 6. The predicted octanol–water partition coefficient (Wildman–Crippen LogP) is 1.86. The average molecular weight is 299 g/mol. The Balaban J connectivity index is 2.42. The van der Waals surface area contributed by atoms with E-state index in [-0.39, 0.29) is 16.1 Å². The number of nitrogens with zero attached hydrogens (tertiary/aromatic N) is 2. The van der Waals surface area contributed by atoms with Crippen LogP contribution in [0.15, 0.2) is 35.5 Å². The first kappa shape index (κ1) is 13.6. The van der Waals surface area contributed by atoms with E-state index in [0.717, 1.165) is 6.26 Å². The third-order valence-electron chi connectivity index (χ3n) is 2.23. The molecule has 0 unspecified atom stereocenters. The van der Waals surface area contributed by atoms with Gasteiger partial charge < -0.3 is 11.1 Å². The van der Waals surface area contributed by atoms with E-state index in [1.54, 1.807) is 24.3 Å². The molecule has 0 fully saturated rings. The SMILES string of the molecule is CS(=O)(=O)c1nc(Cl)cc(Nc2ccccc2N)n1. The number of aromatic nitrogens is 2. The van der Waals surface area contributed by atoms with Crippen LogP contribution in [-0.4, -0.2) is 24.6 Å². The van der Waals surface area contributed by atoms with Gasteiger partial charge in [0, 0.05) is 12.3 Å². The fourth-order valence-corrected chi connectivity index (χ4v) is 2.14. The zero-order valence-electron chi connectivity index (χ0n) is 9.96. The normalized spacial score (nSPS) is 11.3. The second-order valence-electron chi connectivity index (χ2n) is 3.84. The zero-order valence-corrected chi connectivity index (χ0v) is 11.5. The molecule has 100 valence electrons. The van der Waals surface area contributed by atoms with Crippen molar-refractivity contribution in [2.75, 3.05) is 17.3 Å². The Morgan fingerprint density at radius 3 is 2.58 bits per heavy atom. The molecule has 1 heterocycles. The monoisotopic (exact) mass is 298 g/mol. The molecule has 3 N–H and O–H groups in total. The van der Waals surface area contributed by atoms with Crippen LogP contribution in [0.2, 0.25) is 5.15 Å². The maximum absolute atomic E-state index is 11.4. The Bertz CT molecular complexity index is 718. The minimum absolute atomic E-state index is 0.0347. The van der Waals surface area contributed by atoms with Gasteiger partial charge in [0.15, 0.2) is 0 Å². The topological polar surface area (TPSA) is 98.0 Å². The van der Waals surface area contributed by atoms with Gasteiger partial charge in [0.1, 0.15) is 11.0 Å². The smallest absolute Gasteiger partial charge is 0.250 e. The largest absolute Gasteiger partial charge is 0.397 e. The molecule has 1 aromatic carbocycles. The van der Waals surface area contributed by atoms with Gasteiger partial charge in [0.05, 0.1) is 11.4 Å². The standard InChI is InChI=1S/C11H11ClN4O2S/c1-19(17,18)11-15-9(12)6-10(16-11)14-8-5-3-2-4-7(8)13/h2-6H,13H2,1H3,(H,14,15,16). The highest BCUT2D eigenvalue weighted by atomic mass is 35.5. The maximum Gasteiger partial charge on any atom is 0.250 e. The Morgan fingerprint density at radius 1 is 1.26 bits per heavy atom. The van der Waals surface area contributed by atoms with Gasteiger partial charge in [-0.05, 0) is 12.1 Å². The number of sulfone groups is 1. The van der Waals surface area contributed by atoms with Crippen LogP contribution in [0.3, 0.4) is 0 Å². The summed E-state index contributed by atoms with van der Waals surface area (Å²) in [4.78, 5) is 7.56. The summed E-state index contributed by atoms with van der Waals surface area (Å²) < 4.78 is 22.8. The van der Waals surface area contributed by atoms with Gasteiger partial charge in [-0.1, -0.05) is 23.7 Å². The van der Waals surface area contributed by atoms with Crippen LogP contribution in [0.25, 0.3) is 0 Å². The van der Waals surface area contributed by atoms with Gasteiger partial charge in [-0.15, -0.1) is 0 Å². The van der Waals surface area contributed by atoms with E-state index in [4.69, 9.17) is 17.3 Å². The lowest BCUT2D eigenvalue weighted by Crippen LogP contribution is -2.07. The van der Waals surface area contributed by atoms with E-state index in [2.05, 4.69) is 15.3 Å². The third kappa shape index (κ3) is 3.33. The number of nitrogens with two attached hydrogens (primary N) is 1. The first-order valence-electron chi connectivity index (χ1n) is 5.22. The summed E-state index contributed by atoms with van der Waals surface area (Å²) in [6.45, 7) is 0. The summed E-state index contributed by atoms with van der Waals surface area (Å²) >= 11 is 5.78. The molecule has 6 nitrogen and oxygen atoms in total. The van der Waals surface area contributed by atoms with Crippen molar-refractivity contribution in [3.05, 3.63) is 35.5 Å². The predicted molar refractivity (Wildman–Crippen MR) is 74.3 cm³/mol. The highest BCUT2D eigenvalue weighted by Crippen LogP contribution is 2.23. The van der Waals surface area contributed by atoms with E-state index in [1.165, 1.54) is 6.07 Å². The molecule has 0 saturated heterocycles. The number of hydrogen-bond donors (Lipinski definition) is 2. The molecule has 8 heteroatoms. The van der Waals surface area contributed by atoms with Crippen LogP contribution in [-0.2, 0) is 9.84 Å². The first-order valence-corrected chi connectivity index (χ1v) is 7.49. The van der Waals surface area contributed by atoms with Crippen LogP contribution in [0, 0.1) is 0 Å². The lowest BCUT2D eigenvalue weighted by Gasteiger charge is -2.09. The molecule has 0 aliphatic carbocycles. The van der Waals surface area contributed by atoms with Gasteiger partial charge >= 0.3 is 0 Å². The van der Waals surface area contributed by atoms with Crippen molar-refractivity contribution < 1.29 is 8.42 Å². The minimum atomic E-state index is -3.53. The molecular formula is C11H11ClN4O2S. The molecule has 0 atom stereocenters. The van der Waals surface area contributed by atoms with E-state index >= 15 is 0 Å². The van der Waals surface area contributed by atoms with Crippen LogP contribution in [0.1, 0.15) is 0 Å². The summed E-state index contributed by atoms with van der Waals surface area (Å²) in [5, 5.41) is 2.60. The van der Waals surface area contributed by atoms with Crippen LogP contribution < -0.4 is 11.1 Å².